The number of aromatic nitrogens is 3. The molecule has 0 spiro atoms. The Labute approximate surface area is 91.0 Å². The number of carbonyl (C=O) groups is 1. The molecule has 4 N–H and O–H groups in total. The Bertz CT molecular complexity index is 528. The number of amides is 1. The summed E-state index contributed by atoms with van der Waals surface area (Å²) in [5, 5.41) is 10.4. The van der Waals surface area contributed by atoms with E-state index in [1.54, 1.807) is 19.9 Å². The Kier molecular flexibility index (Phi) is 2.45. The largest absolute Gasteiger partial charge is 0.354 e. The van der Waals surface area contributed by atoms with Crippen LogP contribution in [-0.4, -0.2) is 21.3 Å². The maximum atomic E-state index is 11.5. The molecule has 2 heterocycles. The topological polar surface area (TPSA) is 110 Å². The first-order valence-electron chi connectivity index (χ1n) is 4.63. The summed E-state index contributed by atoms with van der Waals surface area (Å²) in [7, 11) is 0. The molecule has 0 atom stereocenters. The van der Waals surface area contributed by atoms with Crippen molar-refractivity contribution in [2.45, 2.75) is 13.8 Å². The van der Waals surface area contributed by atoms with Crippen LogP contribution in [0.2, 0.25) is 0 Å². The van der Waals surface area contributed by atoms with Crippen LogP contribution in [-0.2, 0) is 0 Å². The zero-order chi connectivity index (χ0) is 11.7. The first-order chi connectivity index (χ1) is 7.63. The van der Waals surface area contributed by atoms with Gasteiger partial charge in [0.05, 0.1) is 11.3 Å². The van der Waals surface area contributed by atoms with Gasteiger partial charge in [-0.25, -0.2) is 5.84 Å². The number of rotatable bonds is 2. The number of nitrogen functional groups attached to an aromatic ring is 1. The van der Waals surface area contributed by atoms with Crippen LogP contribution >= 0.6 is 0 Å². The predicted molar refractivity (Wildman–Crippen MR) is 55.2 cm³/mol. The molecule has 0 aliphatic heterocycles. The van der Waals surface area contributed by atoms with Crippen molar-refractivity contribution in [3.8, 4) is 11.5 Å². The highest BCUT2D eigenvalue weighted by Crippen LogP contribution is 2.23. The van der Waals surface area contributed by atoms with E-state index in [2.05, 4.69) is 20.8 Å². The number of hydrogen-bond acceptors (Lipinski definition) is 5. The molecule has 2 rings (SSSR count). The first kappa shape index (κ1) is 10.4. The van der Waals surface area contributed by atoms with E-state index in [1.165, 1.54) is 0 Å². The molecule has 0 aliphatic rings. The molecule has 0 fully saturated rings. The number of aromatic amines is 1. The number of nitrogens with one attached hydrogen (secondary N) is 2. The van der Waals surface area contributed by atoms with Gasteiger partial charge in [-0.1, -0.05) is 5.16 Å². The third-order valence-corrected chi connectivity index (χ3v) is 2.17. The van der Waals surface area contributed by atoms with E-state index in [0.29, 0.717) is 22.7 Å². The van der Waals surface area contributed by atoms with Crippen molar-refractivity contribution in [2.75, 3.05) is 0 Å². The normalized spacial score (nSPS) is 10.4. The molecule has 0 aliphatic carbocycles. The van der Waals surface area contributed by atoms with Gasteiger partial charge >= 0.3 is 0 Å². The number of nitrogens with two attached hydrogens (primary N) is 1. The SMILES string of the molecule is Cc1cc(-c2n[nH]c(C)c2C(=O)NN)on1. The highest BCUT2D eigenvalue weighted by atomic mass is 16.5. The lowest BCUT2D eigenvalue weighted by molar-refractivity contribution is 0.0953. The minimum Gasteiger partial charge on any atom is -0.354 e. The molecule has 16 heavy (non-hydrogen) atoms. The van der Waals surface area contributed by atoms with E-state index in [9.17, 15) is 4.79 Å². The lowest BCUT2D eigenvalue weighted by Crippen LogP contribution is -2.30. The Morgan fingerprint density at radius 3 is 2.88 bits per heavy atom. The summed E-state index contributed by atoms with van der Waals surface area (Å²) < 4.78 is 5.05. The van der Waals surface area contributed by atoms with Crippen molar-refractivity contribution >= 4 is 5.91 Å². The fourth-order valence-corrected chi connectivity index (χ4v) is 1.43. The number of aryl methyl sites for hydroxylation is 2. The van der Waals surface area contributed by atoms with E-state index in [0.717, 1.165) is 5.69 Å². The van der Waals surface area contributed by atoms with Crippen molar-refractivity contribution in [3.05, 3.63) is 23.0 Å². The molecular formula is C9H11N5O2. The molecule has 2 aromatic heterocycles. The number of nitrogens with zero attached hydrogens (tertiary/aromatic N) is 2. The minimum atomic E-state index is -0.421. The number of hydrazine groups is 1. The highest BCUT2D eigenvalue weighted by molar-refractivity contribution is 6.00. The van der Waals surface area contributed by atoms with E-state index in [1.807, 2.05) is 0 Å². The predicted octanol–water partition coefficient (Wildman–Crippen LogP) is 0.285. The zero-order valence-corrected chi connectivity index (χ0v) is 8.87. The first-order valence-corrected chi connectivity index (χ1v) is 4.63. The van der Waals surface area contributed by atoms with Gasteiger partial charge in [-0.2, -0.15) is 5.10 Å². The lowest BCUT2D eigenvalue weighted by atomic mass is 10.1. The second-order valence-corrected chi connectivity index (χ2v) is 3.38. The van der Waals surface area contributed by atoms with Gasteiger partial charge in [-0.15, -0.1) is 0 Å². The Balaban J connectivity index is 2.53. The smallest absolute Gasteiger partial charge is 0.269 e. The summed E-state index contributed by atoms with van der Waals surface area (Å²) in [4.78, 5) is 11.5. The number of H-pyrrole nitrogens is 1. The fraction of sp³-hybridized carbons (Fsp3) is 0.222. The van der Waals surface area contributed by atoms with Crippen LogP contribution in [0.1, 0.15) is 21.7 Å². The molecule has 0 saturated heterocycles. The van der Waals surface area contributed by atoms with Gasteiger partial charge in [0, 0.05) is 11.8 Å². The van der Waals surface area contributed by atoms with Gasteiger partial charge in [-0.05, 0) is 13.8 Å². The molecule has 7 heteroatoms. The molecule has 2 aromatic rings. The minimum absolute atomic E-state index is 0.360. The summed E-state index contributed by atoms with van der Waals surface area (Å²) in [6, 6.07) is 1.70. The fourth-order valence-electron chi connectivity index (χ4n) is 1.43. The van der Waals surface area contributed by atoms with Gasteiger partial charge in [0.15, 0.2) is 5.76 Å². The zero-order valence-electron chi connectivity index (χ0n) is 8.87. The second-order valence-electron chi connectivity index (χ2n) is 3.38. The van der Waals surface area contributed by atoms with Crippen LogP contribution in [0.5, 0.6) is 0 Å². The summed E-state index contributed by atoms with van der Waals surface area (Å²) in [6.07, 6.45) is 0. The standard InChI is InChI=1S/C9H11N5O2/c1-4-3-6(16-14-4)8-7(9(15)11-10)5(2)12-13-8/h3H,10H2,1-2H3,(H,11,15)(H,12,13). The summed E-state index contributed by atoms with van der Waals surface area (Å²) in [5.74, 6) is 5.11. The highest BCUT2D eigenvalue weighted by Gasteiger charge is 2.21. The monoisotopic (exact) mass is 221 g/mol. The van der Waals surface area contributed by atoms with E-state index in [4.69, 9.17) is 10.4 Å². The van der Waals surface area contributed by atoms with Crippen molar-refractivity contribution < 1.29 is 9.32 Å². The van der Waals surface area contributed by atoms with Gasteiger partial charge in [-0.3, -0.25) is 15.3 Å². The van der Waals surface area contributed by atoms with Crippen LogP contribution < -0.4 is 11.3 Å². The maximum Gasteiger partial charge on any atom is 0.269 e. The van der Waals surface area contributed by atoms with Gasteiger partial charge < -0.3 is 4.52 Å². The van der Waals surface area contributed by atoms with Crippen LogP contribution in [0, 0.1) is 13.8 Å². The molecule has 0 unspecified atom stereocenters. The second kappa shape index (κ2) is 3.78. The quantitative estimate of drug-likeness (QED) is 0.383. The third kappa shape index (κ3) is 1.57. The number of carbonyl (C=O) groups excluding carboxylic acids is 1. The van der Waals surface area contributed by atoms with Crippen molar-refractivity contribution in [3.63, 3.8) is 0 Å². The number of hydrogen-bond donors (Lipinski definition) is 3. The van der Waals surface area contributed by atoms with Crippen LogP contribution in [0.3, 0.4) is 0 Å². The van der Waals surface area contributed by atoms with Gasteiger partial charge in [0.1, 0.15) is 5.69 Å². The van der Waals surface area contributed by atoms with E-state index >= 15 is 0 Å². The summed E-state index contributed by atoms with van der Waals surface area (Å²) in [6.45, 7) is 3.51. The molecule has 0 saturated carbocycles. The van der Waals surface area contributed by atoms with Gasteiger partial charge in [0.2, 0.25) is 0 Å². The van der Waals surface area contributed by atoms with Crippen LogP contribution in [0.15, 0.2) is 10.6 Å². The molecule has 0 bridgehead atoms. The summed E-state index contributed by atoms with van der Waals surface area (Å²) >= 11 is 0. The van der Waals surface area contributed by atoms with Gasteiger partial charge in [0.25, 0.3) is 5.91 Å². The Morgan fingerprint density at radius 2 is 2.31 bits per heavy atom. The molecule has 7 nitrogen and oxygen atoms in total. The van der Waals surface area contributed by atoms with Crippen molar-refractivity contribution in [1.82, 2.24) is 20.8 Å². The van der Waals surface area contributed by atoms with Crippen molar-refractivity contribution in [1.29, 1.82) is 0 Å². The third-order valence-electron chi connectivity index (χ3n) is 2.17. The molecule has 84 valence electrons. The average molecular weight is 221 g/mol. The molecule has 0 aromatic carbocycles. The average Bonchev–Trinajstić information content (AvgIpc) is 2.83. The Morgan fingerprint density at radius 1 is 1.56 bits per heavy atom. The van der Waals surface area contributed by atoms with E-state index in [-0.39, 0.29) is 0 Å². The molecular weight excluding hydrogens is 210 g/mol. The lowest BCUT2D eigenvalue weighted by Gasteiger charge is -1.98. The van der Waals surface area contributed by atoms with Crippen LogP contribution in [0.4, 0.5) is 0 Å². The molecule has 1 amide bonds. The van der Waals surface area contributed by atoms with Crippen molar-refractivity contribution in [2.24, 2.45) is 5.84 Å². The van der Waals surface area contributed by atoms with E-state index < -0.39 is 5.91 Å². The Hall–Kier alpha value is -2.15. The molecule has 0 radical (unpaired) electrons. The summed E-state index contributed by atoms with van der Waals surface area (Å²) in [5.41, 5.74) is 4.16. The maximum absolute atomic E-state index is 11.5. The van der Waals surface area contributed by atoms with Crippen LogP contribution in [0.25, 0.3) is 11.5 Å².